The summed E-state index contributed by atoms with van der Waals surface area (Å²) in [6, 6.07) is 24.7. The zero-order valence-electron chi connectivity index (χ0n) is 21.3. The molecule has 6 aromatic rings. The van der Waals surface area contributed by atoms with Gasteiger partial charge in [0.25, 0.3) is 11.2 Å². The molecule has 0 aliphatic carbocycles. The van der Waals surface area contributed by atoms with Gasteiger partial charge < -0.3 is 9.15 Å². The Balaban J connectivity index is 1.34. The Hall–Kier alpha value is -3.63. The van der Waals surface area contributed by atoms with Crippen LogP contribution in [0.1, 0.15) is 11.1 Å². The summed E-state index contributed by atoms with van der Waals surface area (Å²) in [5.74, 6) is 1.39. The van der Waals surface area contributed by atoms with E-state index >= 15 is 0 Å². The lowest BCUT2D eigenvalue weighted by Gasteiger charge is -2.12. The highest BCUT2D eigenvalue weighted by molar-refractivity contribution is 14.1. The van der Waals surface area contributed by atoms with Gasteiger partial charge in [-0.05, 0) is 117 Å². The van der Waals surface area contributed by atoms with Crippen LogP contribution in [0.3, 0.4) is 0 Å². The topological polar surface area (TPSA) is 113 Å². The molecule has 0 aliphatic rings. The van der Waals surface area contributed by atoms with E-state index in [1.807, 2.05) is 42.5 Å². The van der Waals surface area contributed by atoms with Crippen LogP contribution in [0.5, 0.6) is 5.75 Å². The Bertz CT molecular complexity index is 2070. The molecule has 0 radical (unpaired) electrons. The number of fused-ring (bicyclic) bond motifs is 2. The SMILES string of the molecule is O=c1c2ccccc2nc(-c2cc3cc(Br)ccc3o2)n1N=Cc1cc(I)c(OCc2ccc([N+](=O)[O-])cc2)c(I)c1. The number of aromatic nitrogens is 2. The molecule has 0 saturated heterocycles. The molecule has 0 bridgehead atoms. The van der Waals surface area contributed by atoms with Crippen molar-refractivity contribution < 1.29 is 14.1 Å². The first-order valence-electron chi connectivity index (χ1n) is 12.4. The second-order valence-corrected chi connectivity index (χ2v) is 12.4. The first kappa shape index (κ1) is 28.5. The van der Waals surface area contributed by atoms with Gasteiger partial charge in [-0.2, -0.15) is 9.78 Å². The molecular weight excluding hydrogens is 830 g/mol. The number of non-ortho nitro benzene ring substituents is 1. The summed E-state index contributed by atoms with van der Waals surface area (Å²) in [4.78, 5) is 28.8. The summed E-state index contributed by atoms with van der Waals surface area (Å²) < 4.78 is 16.0. The van der Waals surface area contributed by atoms with Crippen molar-refractivity contribution in [2.24, 2.45) is 5.10 Å². The second-order valence-electron chi connectivity index (χ2n) is 9.13. The number of nitro benzene ring substituents is 1. The molecule has 208 valence electrons. The predicted molar refractivity (Wildman–Crippen MR) is 181 cm³/mol. The van der Waals surface area contributed by atoms with E-state index < -0.39 is 4.92 Å². The van der Waals surface area contributed by atoms with Crippen LogP contribution in [-0.2, 0) is 6.61 Å². The first-order chi connectivity index (χ1) is 20.3. The van der Waals surface area contributed by atoms with Crippen LogP contribution in [0, 0.1) is 17.3 Å². The first-order valence-corrected chi connectivity index (χ1v) is 15.3. The predicted octanol–water partition coefficient (Wildman–Crippen LogP) is 8.15. The zero-order valence-corrected chi connectivity index (χ0v) is 27.2. The van der Waals surface area contributed by atoms with Gasteiger partial charge in [0.2, 0.25) is 5.82 Å². The van der Waals surface area contributed by atoms with Crippen LogP contribution in [0.25, 0.3) is 33.5 Å². The van der Waals surface area contributed by atoms with E-state index in [0.29, 0.717) is 28.0 Å². The fraction of sp³-hybridized carbons (Fsp3) is 0.0333. The van der Waals surface area contributed by atoms with E-state index in [1.165, 1.54) is 16.8 Å². The van der Waals surface area contributed by atoms with Crippen LogP contribution < -0.4 is 10.3 Å². The molecule has 42 heavy (non-hydrogen) atoms. The minimum atomic E-state index is -0.433. The van der Waals surface area contributed by atoms with Gasteiger partial charge in [0.05, 0.1) is 29.2 Å². The molecule has 0 fully saturated rings. The van der Waals surface area contributed by atoms with E-state index in [-0.39, 0.29) is 23.7 Å². The summed E-state index contributed by atoms with van der Waals surface area (Å²) in [6.07, 6.45) is 1.60. The van der Waals surface area contributed by atoms with Crippen molar-refractivity contribution in [1.29, 1.82) is 0 Å². The third-order valence-electron chi connectivity index (χ3n) is 6.33. The lowest BCUT2D eigenvalue weighted by Crippen LogP contribution is -2.20. The van der Waals surface area contributed by atoms with E-state index in [0.717, 1.165) is 28.1 Å². The molecule has 0 spiro atoms. The maximum absolute atomic E-state index is 13.6. The van der Waals surface area contributed by atoms with Crippen LogP contribution in [0.4, 0.5) is 5.69 Å². The lowest BCUT2D eigenvalue weighted by atomic mass is 10.2. The molecule has 0 N–H and O–H groups in total. The third-order valence-corrected chi connectivity index (χ3v) is 8.42. The molecule has 2 heterocycles. The Morgan fingerprint density at radius 1 is 1.02 bits per heavy atom. The number of nitrogens with zero attached hydrogens (tertiary/aromatic N) is 4. The number of ether oxygens (including phenoxy) is 1. The number of benzene rings is 4. The molecule has 2 aromatic heterocycles. The number of rotatable bonds is 7. The van der Waals surface area contributed by atoms with Crippen molar-refractivity contribution in [1.82, 2.24) is 9.66 Å². The second kappa shape index (κ2) is 11.9. The number of furan rings is 1. The molecule has 6 rings (SSSR count). The van der Waals surface area contributed by atoms with E-state index in [9.17, 15) is 14.9 Å². The number of hydrogen-bond acceptors (Lipinski definition) is 7. The molecular formula is C30H17BrI2N4O5. The Morgan fingerprint density at radius 3 is 2.50 bits per heavy atom. The fourth-order valence-electron chi connectivity index (χ4n) is 4.30. The molecule has 0 unspecified atom stereocenters. The smallest absolute Gasteiger partial charge is 0.282 e. The quantitative estimate of drug-likeness (QED) is 0.0694. The highest BCUT2D eigenvalue weighted by Gasteiger charge is 2.17. The van der Waals surface area contributed by atoms with Crippen LogP contribution in [-0.4, -0.2) is 20.8 Å². The van der Waals surface area contributed by atoms with Gasteiger partial charge >= 0.3 is 0 Å². The van der Waals surface area contributed by atoms with Gasteiger partial charge in [0, 0.05) is 22.0 Å². The monoisotopic (exact) mass is 846 g/mol. The number of nitro groups is 1. The van der Waals surface area contributed by atoms with Crippen molar-refractivity contribution in [3.8, 4) is 17.3 Å². The highest BCUT2D eigenvalue weighted by Crippen LogP contribution is 2.31. The van der Waals surface area contributed by atoms with Crippen molar-refractivity contribution >= 4 is 94.9 Å². The summed E-state index contributed by atoms with van der Waals surface area (Å²) in [5, 5.41) is 16.8. The van der Waals surface area contributed by atoms with Crippen molar-refractivity contribution in [3.05, 3.63) is 128 Å². The Morgan fingerprint density at radius 2 is 1.76 bits per heavy atom. The van der Waals surface area contributed by atoms with Gasteiger partial charge in [-0.1, -0.05) is 28.1 Å². The summed E-state index contributed by atoms with van der Waals surface area (Å²) in [7, 11) is 0. The Kier molecular flexibility index (Phi) is 8.09. The average molecular weight is 847 g/mol. The van der Waals surface area contributed by atoms with Gasteiger partial charge in [0.15, 0.2) is 5.76 Å². The zero-order chi connectivity index (χ0) is 29.4. The van der Waals surface area contributed by atoms with E-state index in [4.69, 9.17) is 14.1 Å². The number of para-hydroxylation sites is 1. The Labute approximate surface area is 273 Å². The van der Waals surface area contributed by atoms with Crippen molar-refractivity contribution in [2.75, 3.05) is 0 Å². The minimum Gasteiger partial charge on any atom is -0.487 e. The standard InChI is InChI=1S/C30H17BrI2N4O5/c31-20-7-10-26-19(13-20)14-27(42-26)29-35-25-4-2-1-3-22(25)30(38)36(29)34-15-18-11-23(32)28(24(33)12-18)41-16-17-5-8-21(9-6-17)37(39)40/h1-15H,16H2. The van der Waals surface area contributed by atoms with Crippen LogP contribution in [0.2, 0.25) is 0 Å². The molecule has 0 atom stereocenters. The molecule has 0 saturated carbocycles. The van der Waals surface area contributed by atoms with Gasteiger partial charge in [-0.25, -0.2) is 4.98 Å². The largest absolute Gasteiger partial charge is 0.487 e. The summed E-state index contributed by atoms with van der Waals surface area (Å²) in [5.41, 5.74) is 2.49. The highest BCUT2D eigenvalue weighted by atomic mass is 127. The maximum atomic E-state index is 13.6. The molecule has 0 aliphatic heterocycles. The molecule has 12 heteroatoms. The van der Waals surface area contributed by atoms with Gasteiger partial charge in [0.1, 0.15) is 17.9 Å². The molecule has 9 nitrogen and oxygen atoms in total. The van der Waals surface area contributed by atoms with Crippen molar-refractivity contribution in [2.45, 2.75) is 6.61 Å². The van der Waals surface area contributed by atoms with E-state index in [1.54, 1.807) is 36.5 Å². The van der Waals surface area contributed by atoms with Gasteiger partial charge in [-0.3, -0.25) is 14.9 Å². The minimum absolute atomic E-state index is 0.0313. The average Bonchev–Trinajstić information content (AvgIpc) is 3.39. The van der Waals surface area contributed by atoms with Crippen molar-refractivity contribution in [3.63, 3.8) is 0 Å². The third kappa shape index (κ3) is 5.83. The maximum Gasteiger partial charge on any atom is 0.282 e. The summed E-state index contributed by atoms with van der Waals surface area (Å²) in [6.45, 7) is 0.257. The van der Waals surface area contributed by atoms with E-state index in [2.05, 4.69) is 66.2 Å². The number of hydrogen-bond donors (Lipinski definition) is 0. The fourth-order valence-corrected chi connectivity index (χ4v) is 6.81. The lowest BCUT2D eigenvalue weighted by molar-refractivity contribution is -0.384. The number of halogens is 3. The van der Waals surface area contributed by atoms with Crippen LogP contribution >= 0.6 is 61.1 Å². The van der Waals surface area contributed by atoms with Crippen LogP contribution in [0.15, 0.2) is 104 Å². The molecule has 0 amide bonds. The summed E-state index contributed by atoms with van der Waals surface area (Å²) >= 11 is 7.86. The molecule has 4 aromatic carbocycles. The normalized spacial score (nSPS) is 11.5. The van der Waals surface area contributed by atoms with Gasteiger partial charge in [-0.15, -0.1) is 0 Å².